The molecule has 1 aromatic rings. The average molecular weight is 382 g/mol. The van der Waals surface area contributed by atoms with E-state index in [2.05, 4.69) is 5.32 Å². The summed E-state index contributed by atoms with van der Waals surface area (Å²) in [4.78, 5) is 27.2. The van der Waals surface area contributed by atoms with Gasteiger partial charge in [-0.1, -0.05) is 43.7 Å². The van der Waals surface area contributed by atoms with Crippen molar-refractivity contribution in [1.82, 2.24) is 10.2 Å². The standard InChI is InChI=1S/C20H31N3O2.ClH/c1-3-8-18(22-19(24)13-16-9-5-4-6-10-16)20(25)23-12-7-11-17(14-23)15(2)21;/h4-6,9-10,15,17-18H,3,7-8,11-14,21H2,1-2H3,(H,22,24);1H. The molecule has 6 heteroatoms. The molecule has 1 fully saturated rings. The number of carbonyl (C=O) groups excluding carboxylic acids is 2. The van der Waals surface area contributed by atoms with Crippen LogP contribution in [0, 0.1) is 5.92 Å². The number of hydrogen-bond acceptors (Lipinski definition) is 3. The molecule has 3 N–H and O–H groups in total. The summed E-state index contributed by atoms with van der Waals surface area (Å²) in [5.41, 5.74) is 6.98. The first-order valence-corrected chi connectivity index (χ1v) is 9.39. The highest BCUT2D eigenvalue weighted by Crippen LogP contribution is 2.20. The van der Waals surface area contributed by atoms with Crippen LogP contribution in [0.4, 0.5) is 0 Å². The molecule has 146 valence electrons. The topological polar surface area (TPSA) is 75.4 Å². The summed E-state index contributed by atoms with van der Waals surface area (Å²) in [5, 5.41) is 2.95. The summed E-state index contributed by atoms with van der Waals surface area (Å²) in [5.74, 6) is 0.285. The Morgan fingerprint density at radius 1 is 1.31 bits per heavy atom. The van der Waals surface area contributed by atoms with Crippen LogP contribution in [0.3, 0.4) is 0 Å². The second-order valence-electron chi connectivity index (χ2n) is 7.12. The van der Waals surface area contributed by atoms with E-state index in [1.807, 2.05) is 49.1 Å². The number of benzene rings is 1. The van der Waals surface area contributed by atoms with Gasteiger partial charge in [0.25, 0.3) is 0 Å². The minimum Gasteiger partial charge on any atom is -0.344 e. The Kier molecular flexibility index (Phi) is 9.66. The van der Waals surface area contributed by atoms with Crippen molar-refractivity contribution >= 4 is 24.2 Å². The highest BCUT2D eigenvalue weighted by Gasteiger charge is 2.30. The van der Waals surface area contributed by atoms with Crippen molar-refractivity contribution in [3.63, 3.8) is 0 Å². The van der Waals surface area contributed by atoms with Crippen molar-refractivity contribution in [1.29, 1.82) is 0 Å². The Balaban J connectivity index is 0.00000338. The number of likely N-dealkylation sites (tertiary alicyclic amines) is 1. The molecule has 3 atom stereocenters. The second-order valence-corrected chi connectivity index (χ2v) is 7.12. The molecule has 1 aliphatic rings. The van der Waals surface area contributed by atoms with Gasteiger partial charge in [-0.2, -0.15) is 0 Å². The summed E-state index contributed by atoms with van der Waals surface area (Å²) in [7, 11) is 0. The molecule has 0 radical (unpaired) electrons. The number of halogens is 1. The zero-order chi connectivity index (χ0) is 18.2. The van der Waals surface area contributed by atoms with Crippen molar-refractivity contribution in [3.8, 4) is 0 Å². The van der Waals surface area contributed by atoms with Crippen molar-refractivity contribution in [2.24, 2.45) is 11.7 Å². The third kappa shape index (κ3) is 6.61. The summed E-state index contributed by atoms with van der Waals surface area (Å²) >= 11 is 0. The number of nitrogens with zero attached hydrogens (tertiary/aromatic N) is 1. The lowest BCUT2D eigenvalue weighted by molar-refractivity contribution is -0.138. The van der Waals surface area contributed by atoms with Gasteiger partial charge >= 0.3 is 0 Å². The number of carbonyl (C=O) groups is 2. The monoisotopic (exact) mass is 381 g/mol. The van der Waals surface area contributed by atoms with Crippen LogP contribution in [-0.2, 0) is 16.0 Å². The number of piperidine rings is 1. The fourth-order valence-electron chi connectivity index (χ4n) is 3.43. The third-order valence-corrected chi connectivity index (χ3v) is 4.93. The van der Waals surface area contributed by atoms with Gasteiger partial charge in [0.2, 0.25) is 11.8 Å². The highest BCUT2D eigenvalue weighted by molar-refractivity contribution is 5.88. The summed E-state index contributed by atoms with van der Waals surface area (Å²) in [6.07, 6.45) is 3.87. The zero-order valence-electron chi connectivity index (χ0n) is 15.8. The summed E-state index contributed by atoms with van der Waals surface area (Å²) in [6.45, 7) is 5.50. The normalized spacial score (nSPS) is 19.2. The maximum atomic E-state index is 12.9. The van der Waals surface area contributed by atoms with Crippen LogP contribution in [0.25, 0.3) is 0 Å². The number of hydrogen-bond donors (Lipinski definition) is 2. The van der Waals surface area contributed by atoms with Crippen LogP contribution in [-0.4, -0.2) is 41.9 Å². The van der Waals surface area contributed by atoms with Gasteiger partial charge in [-0.05, 0) is 37.7 Å². The van der Waals surface area contributed by atoms with E-state index < -0.39 is 6.04 Å². The SMILES string of the molecule is CCCC(NC(=O)Cc1ccccc1)C(=O)N1CCCC(C(C)N)C1.Cl. The summed E-state index contributed by atoms with van der Waals surface area (Å²) in [6, 6.07) is 9.26. The van der Waals surface area contributed by atoms with Crippen molar-refractivity contribution in [2.75, 3.05) is 13.1 Å². The largest absolute Gasteiger partial charge is 0.344 e. The van der Waals surface area contributed by atoms with Crippen molar-refractivity contribution in [2.45, 2.75) is 58.0 Å². The molecular weight excluding hydrogens is 350 g/mol. The molecule has 0 aliphatic carbocycles. The predicted molar refractivity (Wildman–Crippen MR) is 107 cm³/mol. The molecule has 0 bridgehead atoms. The van der Waals surface area contributed by atoms with Crippen LogP contribution < -0.4 is 11.1 Å². The molecule has 3 unspecified atom stereocenters. The van der Waals surface area contributed by atoms with Crippen LogP contribution in [0.5, 0.6) is 0 Å². The van der Waals surface area contributed by atoms with Gasteiger partial charge < -0.3 is 16.0 Å². The lowest BCUT2D eigenvalue weighted by Crippen LogP contribution is -2.53. The van der Waals surface area contributed by atoms with Crippen LogP contribution >= 0.6 is 12.4 Å². The predicted octanol–water partition coefficient (Wildman–Crippen LogP) is 2.52. The molecule has 1 aliphatic heterocycles. The van der Waals surface area contributed by atoms with Crippen molar-refractivity contribution in [3.05, 3.63) is 35.9 Å². The fourth-order valence-corrected chi connectivity index (χ4v) is 3.43. The Bertz CT molecular complexity index is 565. The van der Waals surface area contributed by atoms with E-state index in [1.54, 1.807) is 0 Å². The highest BCUT2D eigenvalue weighted by atomic mass is 35.5. The van der Waals surface area contributed by atoms with Crippen LogP contribution in [0.1, 0.15) is 45.1 Å². The van der Waals surface area contributed by atoms with E-state index in [-0.39, 0.29) is 30.3 Å². The van der Waals surface area contributed by atoms with E-state index in [0.29, 0.717) is 25.3 Å². The maximum Gasteiger partial charge on any atom is 0.245 e. The number of amides is 2. The first kappa shape index (κ1) is 22.5. The number of nitrogens with two attached hydrogens (primary N) is 1. The van der Waals surface area contributed by atoms with E-state index >= 15 is 0 Å². The Hall–Kier alpha value is -1.59. The van der Waals surface area contributed by atoms with Gasteiger partial charge in [0.05, 0.1) is 6.42 Å². The summed E-state index contributed by atoms with van der Waals surface area (Å²) < 4.78 is 0. The van der Waals surface area contributed by atoms with E-state index in [0.717, 1.165) is 31.4 Å². The fraction of sp³-hybridized carbons (Fsp3) is 0.600. The van der Waals surface area contributed by atoms with Crippen LogP contribution in [0.15, 0.2) is 30.3 Å². The molecule has 2 rings (SSSR count). The first-order chi connectivity index (χ1) is 12.0. The number of rotatable bonds is 7. The quantitative estimate of drug-likeness (QED) is 0.762. The number of nitrogens with one attached hydrogen (secondary N) is 1. The van der Waals surface area contributed by atoms with Crippen molar-refractivity contribution < 1.29 is 9.59 Å². The molecule has 1 saturated heterocycles. The van der Waals surface area contributed by atoms with Crippen LogP contribution in [0.2, 0.25) is 0 Å². The second kappa shape index (κ2) is 11.2. The van der Waals surface area contributed by atoms with E-state index in [9.17, 15) is 9.59 Å². The zero-order valence-corrected chi connectivity index (χ0v) is 16.6. The minimum atomic E-state index is -0.437. The molecule has 2 amide bonds. The lowest BCUT2D eigenvalue weighted by atomic mass is 9.91. The van der Waals surface area contributed by atoms with Gasteiger partial charge in [0.1, 0.15) is 6.04 Å². The Morgan fingerprint density at radius 3 is 2.62 bits per heavy atom. The van der Waals surface area contributed by atoms with E-state index in [4.69, 9.17) is 5.73 Å². The maximum absolute atomic E-state index is 12.9. The third-order valence-electron chi connectivity index (χ3n) is 4.93. The molecule has 1 aromatic carbocycles. The van der Waals surface area contributed by atoms with Gasteiger partial charge in [0, 0.05) is 19.1 Å². The Morgan fingerprint density at radius 2 is 2.00 bits per heavy atom. The Labute approximate surface area is 163 Å². The molecule has 26 heavy (non-hydrogen) atoms. The van der Waals surface area contributed by atoms with Gasteiger partial charge in [-0.15, -0.1) is 12.4 Å². The first-order valence-electron chi connectivity index (χ1n) is 9.39. The minimum absolute atomic E-state index is 0. The average Bonchev–Trinajstić information content (AvgIpc) is 2.61. The van der Waals surface area contributed by atoms with Gasteiger partial charge in [-0.3, -0.25) is 9.59 Å². The molecule has 0 saturated carbocycles. The molecule has 0 spiro atoms. The lowest BCUT2D eigenvalue weighted by Gasteiger charge is -2.36. The van der Waals surface area contributed by atoms with E-state index in [1.165, 1.54) is 0 Å². The van der Waals surface area contributed by atoms with Gasteiger partial charge in [-0.25, -0.2) is 0 Å². The van der Waals surface area contributed by atoms with Gasteiger partial charge in [0.15, 0.2) is 0 Å². The smallest absolute Gasteiger partial charge is 0.245 e. The molecule has 5 nitrogen and oxygen atoms in total. The molecule has 0 aromatic heterocycles. The molecular formula is C20H32ClN3O2. The molecule has 1 heterocycles.